The second kappa shape index (κ2) is 7.19. The molecule has 1 aromatic carbocycles. The van der Waals surface area contributed by atoms with Gasteiger partial charge in [-0.3, -0.25) is 0 Å². The van der Waals surface area contributed by atoms with Crippen molar-refractivity contribution in [2.75, 3.05) is 36.7 Å². The summed E-state index contributed by atoms with van der Waals surface area (Å²) in [6, 6.07) is 5.07. The number of hydrogen-bond acceptors (Lipinski definition) is 5. The molecule has 5 nitrogen and oxygen atoms in total. The molecule has 20 heavy (non-hydrogen) atoms. The van der Waals surface area contributed by atoms with Gasteiger partial charge >= 0.3 is 0 Å². The molecular formula is C13H23N3O2S2. The third-order valence-electron chi connectivity index (χ3n) is 3.36. The fourth-order valence-corrected chi connectivity index (χ4v) is 3.16. The Morgan fingerprint density at radius 2 is 2.10 bits per heavy atom. The van der Waals surface area contributed by atoms with E-state index in [9.17, 15) is 8.42 Å². The number of nitrogens with zero attached hydrogens (tertiary/aromatic N) is 1. The number of nitrogens with two attached hydrogens (primary N) is 1. The summed E-state index contributed by atoms with van der Waals surface area (Å²) < 4.78 is 26.0. The summed E-state index contributed by atoms with van der Waals surface area (Å²) >= 11 is 1.79. The minimum atomic E-state index is -3.45. The maximum absolute atomic E-state index is 11.9. The molecule has 0 amide bonds. The SMILES string of the molecule is CNS(=O)(=O)c1ccc(N)c(N(C)C(C)CCSC)c1. The molecule has 0 heterocycles. The van der Waals surface area contributed by atoms with E-state index in [-0.39, 0.29) is 10.9 Å². The third kappa shape index (κ3) is 4.04. The summed E-state index contributed by atoms with van der Waals surface area (Å²) in [5.41, 5.74) is 7.31. The van der Waals surface area contributed by atoms with Crippen LogP contribution >= 0.6 is 11.8 Å². The van der Waals surface area contributed by atoms with Crippen LogP contribution in [0, 0.1) is 0 Å². The smallest absolute Gasteiger partial charge is 0.240 e. The normalized spacial score (nSPS) is 13.2. The lowest BCUT2D eigenvalue weighted by molar-refractivity contribution is 0.588. The maximum atomic E-state index is 11.9. The van der Waals surface area contributed by atoms with Gasteiger partial charge in [-0.25, -0.2) is 13.1 Å². The third-order valence-corrected chi connectivity index (χ3v) is 5.42. The second-order valence-corrected chi connectivity index (χ2v) is 7.54. The number of nitrogens with one attached hydrogen (secondary N) is 1. The van der Waals surface area contributed by atoms with Gasteiger partial charge in [0.15, 0.2) is 0 Å². The Balaban J connectivity index is 3.08. The minimum Gasteiger partial charge on any atom is -0.397 e. The predicted molar refractivity (Wildman–Crippen MR) is 88.0 cm³/mol. The van der Waals surface area contributed by atoms with Crippen LogP contribution in [0.15, 0.2) is 23.1 Å². The molecule has 0 aliphatic carbocycles. The van der Waals surface area contributed by atoms with E-state index in [0.29, 0.717) is 5.69 Å². The minimum absolute atomic E-state index is 0.230. The van der Waals surface area contributed by atoms with Crippen molar-refractivity contribution in [3.05, 3.63) is 18.2 Å². The Morgan fingerprint density at radius 3 is 2.65 bits per heavy atom. The molecule has 1 aromatic rings. The first kappa shape index (κ1) is 17.1. The number of rotatable bonds is 7. The first-order chi connectivity index (χ1) is 9.33. The van der Waals surface area contributed by atoms with E-state index in [1.165, 1.54) is 13.1 Å². The summed E-state index contributed by atoms with van der Waals surface area (Å²) in [5, 5.41) is 0. The van der Waals surface area contributed by atoms with Gasteiger partial charge in [-0.2, -0.15) is 11.8 Å². The molecule has 1 atom stereocenters. The maximum Gasteiger partial charge on any atom is 0.240 e. The van der Waals surface area contributed by atoms with Gasteiger partial charge in [0, 0.05) is 13.1 Å². The van der Waals surface area contributed by atoms with Crippen molar-refractivity contribution in [1.29, 1.82) is 0 Å². The van der Waals surface area contributed by atoms with E-state index in [1.54, 1.807) is 23.9 Å². The van der Waals surface area contributed by atoms with Gasteiger partial charge in [0.1, 0.15) is 0 Å². The van der Waals surface area contributed by atoms with E-state index >= 15 is 0 Å². The van der Waals surface area contributed by atoms with Crippen LogP contribution in [0.5, 0.6) is 0 Å². The molecule has 114 valence electrons. The lowest BCUT2D eigenvalue weighted by Gasteiger charge is -2.28. The average molecular weight is 317 g/mol. The van der Waals surface area contributed by atoms with Crippen molar-refractivity contribution in [2.24, 2.45) is 0 Å². The van der Waals surface area contributed by atoms with Crippen LogP contribution in [0.3, 0.4) is 0 Å². The van der Waals surface area contributed by atoms with E-state index < -0.39 is 10.0 Å². The zero-order valence-corrected chi connectivity index (χ0v) is 14.0. The lowest BCUT2D eigenvalue weighted by atomic mass is 10.2. The summed E-state index contributed by atoms with van der Waals surface area (Å²) in [4.78, 5) is 2.26. The summed E-state index contributed by atoms with van der Waals surface area (Å²) in [6.07, 6.45) is 3.08. The molecule has 0 radical (unpaired) electrons. The molecule has 0 bridgehead atoms. The average Bonchev–Trinajstić information content (AvgIpc) is 2.44. The lowest BCUT2D eigenvalue weighted by Crippen LogP contribution is -2.30. The molecule has 0 saturated carbocycles. The second-order valence-electron chi connectivity index (χ2n) is 4.67. The molecule has 1 rings (SSSR count). The van der Waals surface area contributed by atoms with Crippen LogP contribution < -0.4 is 15.4 Å². The Morgan fingerprint density at radius 1 is 1.45 bits per heavy atom. The predicted octanol–water partition coefficient (Wildman–Crippen LogP) is 1.75. The number of anilines is 2. The highest BCUT2D eigenvalue weighted by atomic mass is 32.2. The molecule has 7 heteroatoms. The number of sulfonamides is 1. The molecule has 0 fully saturated rings. The zero-order valence-electron chi connectivity index (χ0n) is 12.4. The molecule has 0 aliphatic heterocycles. The van der Waals surface area contributed by atoms with Crippen LogP contribution in [-0.4, -0.2) is 40.6 Å². The first-order valence-corrected chi connectivity index (χ1v) is 9.26. The van der Waals surface area contributed by atoms with Crippen LogP contribution in [0.2, 0.25) is 0 Å². The first-order valence-electron chi connectivity index (χ1n) is 6.38. The molecule has 0 saturated heterocycles. The van der Waals surface area contributed by atoms with Crippen LogP contribution in [0.25, 0.3) is 0 Å². The Kier molecular flexibility index (Phi) is 6.16. The quantitative estimate of drug-likeness (QED) is 0.750. The highest BCUT2D eigenvalue weighted by Crippen LogP contribution is 2.28. The van der Waals surface area contributed by atoms with Gasteiger partial charge in [0.05, 0.1) is 16.3 Å². The van der Waals surface area contributed by atoms with Crippen molar-refractivity contribution >= 4 is 33.2 Å². The molecule has 0 aromatic heterocycles. The van der Waals surface area contributed by atoms with E-state index in [1.807, 2.05) is 11.9 Å². The van der Waals surface area contributed by atoms with Crippen LogP contribution in [0.4, 0.5) is 11.4 Å². The summed E-state index contributed by atoms with van der Waals surface area (Å²) in [6.45, 7) is 2.11. The summed E-state index contributed by atoms with van der Waals surface area (Å²) in [7, 11) is -0.114. The van der Waals surface area contributed by atoms with Crippen LogP contribution in [-0.2, 0) is 10.0 Å². The molecule has 1 unspecified atom stereocenters. The number of benzene rings is 1. The largest absolute Gasteiger partial charge is 0.397 e. The fourth-order valence-electron chi connectivity index (χ4n) is 1.83. The Bertz CT molecular complexity index is 547. The number of hydrogen-bond donors (Lipinski definition) is 2. The fraction of sp³-hybridized carbons (Fsp3) is 0.538. The number of nitrogen functional groups attached to an aromatic ring is 1. The number of thioether (sulfide) groups is 1. The van der Waals surface area contributed by atoms with Crippen LogP contribution in [0.1, 0.15) is 13.3 Å². The van der Waals surface area contributed by atoms with Gasteiger partial charge in [-0.1, -0.05) is 0 Å². The van der Waals surface area contributed by atoms with Crippen molar-refractivity contribution in [2.45, 2.75) is 24.3 Å². The summed E-state index contributed by atoms with van der Waals surface area (Å²) in [5.74, 6) is 1.06. The Labute approximate surface area is 126 Å². The van der Waals surface area contributed by atoms with Gasteiger partial charge in [0.25, 0.3) is 0 Å². The highest BCUT2D eigenvalue weighted by molar-refractivity contribution is 7.98. The van der Waals surface area contributed by atoms with Gasteiger partial charge in [0.2, 0.25) is 10.0 Å². The zero-order chi connectivity index (χ0) is 15.3. The molecular weight excluding hydrogens is 294 g/mol. The topological polar surface area (TPSA) is 75.4 Å². The molecule has 3 N–H and O–H groups in total. The Hall–Kier alpha value is -0.920. The standard InChI is InChI=1S/C13H23N3O2S2/c1-10(7-8-19-4)16(3)13-9-11(5-6-12(13)14)20(17,18)15-2/h5-6,9-10,15H,7-8,14H2,1-4H3. The van der Waals surface area contributed by atoms with Crippen molar-refractivity contribution in [3.63, 3.8) is 0 Å². The van der Waals surface area contributed by atoms with Crippen molar-refractivity contribution < 1.29 is 8.42 Å². The van der Waals surface area contributed by atoms with E-state index in [4.69, 9.17) is 5.73 Å². The molecule has 0 aliphatic rings. The monoisotopic (exact) mass is 317 g/mol. The van der Waals surface area contributed by atoms with Gasteiger partial charge in [-0.05, 0) is 50.6 Å². The van der Waals surface area contributed by atoms with Crippen molar-refractivity contribution in [3.8, 4) is 0 Å². The van der Waals surface area contributed by atoms with E-state index in [2.05, 4.69) is 17.9 Å². The van der Waals surface area contributed by atoms with Gasteiger partial charge < -0.3 is 10.6 Å². The van der Waals surface area contributed by atoms with E-state index in [0.717, 1.165) is 17.9 Å². The van der Waals surface area contributed by atoms with Gasteiger partial charge in [-0.15, -0.1) is 0 Å². The van der Waals surface area contributed by atoms with Crippen molar-refractivity contribution in [1.82, 2.24) is 4.72 Å². The highest BCUT2D eigenvalue weighted by Gasteiger charge is 2.17. The molecule has 0 spiro atoms.